The first-order valence-corrected chi connectivity index (χ1v) is 10.6. The summed E-state index contributed by atoms with van der Waals surface area (Å²) in [5.74, 6) is 0.241. The molecule has 1 N–H and O–H groups in total. The van der Waals surface area contributed by atoms with Gasteiger partial charge in [-0.05, 0) is 30.0 Å². The Labute approximate surface area is 178 Å². The van der Waals surface area contributed by atoms with E-state index >= 15 is 0 Å². The first-order valence-electron chi connectivity index (χ1n) is 10.6. The average Bonchev–Trinajstić information content (AvgIpc) is 3.00. The van der Waals surface area contributed by atoms with Crippen molar-refractivity contribution in [1.82, 2.24) is 9.80 Å². The summed E-state index contributed by atoms with van der Waals surface area (Å²) in [5, 5.41) is 3.04. The quantitative estimate of drug-likeness (QED) is 0.778. The van der Waals surface area contributed by atoms with Crippen LogP contribution in [0.3, 0.4) is 0 Å². The summed E-state index contributed by atoms with van der Waals surface area (Å²) in [6.45, 7) is 6.98. The van der Waals surface area contributed by atoms with Crippen molar-refractivity contribution >= 4 is 17.7 Å². The minimum absolute atomic E-state index is 0.0664. The van der Waals surface area contributed by atoms with Crippen LogP contribution >= 0.6 is 0 Å². The van der Waals surface area contributed by atoms with E-state index in [9.17, 15) is 9.59 Å². The second-order valence-electron chi connectivity index (χ2n) is 8.02. The summed E-state index contributed by atoms with van der Waals surface area (Å²) < 4.78 is 5.39. The summed E-state index contributed by atoms with van der Waals surface area (Å²) >= 11 is 0. The molecule has 1 saturated heterocycles. The molecule has 0 bridgehead atoms. The molecule has 6 nitrogen and oxygen atoms in total. The van der Waals surface area contributed by atoms with Gasteiger partial charge in [-0.3, -0.25) is 9.69 Å². The number of carbonyl (C=O) groups excluding carboxylic acids is 2. The van der Waals surface area contributed by atoms with Crippen molar-refractivity contribution < 1.29 is 14.3 Å². The summed E-state index contributed by atoms with van der Waals surface area (Å²) in [6, 6.07) is 18.9. The lowest BCUT2D eigenvalue weighted by Gasteiger charge is -2.30. The number of nitrogens with zero attached hydrogens (tertiary/aromatic N) is 2. The van der Waals surface area contributed by atoms with Crippen LogP contribution in [0.25, 0.3) is 0 Å². The zero-order valence-corrected chi connectivity index (χ0v) is 17.8. The Kier molecular flexibility index (Phi) is 7.85. The zero-order valence-electron chi connectivity index (χ0n) is 17.8. The highest BCUT2D eigenvalue weighted by atomic mass is 16.6. The highest BCUT2D eigenvalue weighted by Crippen LogP contribution is 2.24. The number of hydrogen-bond acceptors (Lipinski definition) is 4. The van der Waals surface area contributed by atoms with Crippen LogP contribution in [0.4, 0.5) is 10.5 Å². The molecule has 3 rings (SSSR count). The number of amides is 2. The maximum absolute atomic E-state index is 13.3. The molecular formula is C24H31N3O3. The normalized spacial score (nSPS) is 16.0. The number of rotatable bonds is 6. The fraction of sp³-hybridized carbons (Fsp3) is 0.417. The molecule has 0 spiro atoms. The van der Waals surface area contributed by atoms with Gasteiger partial charge in [0.2, 0.25) is 5.91 Å². The molecule has 1 fully saturated rings. The number of para-hydroxylation sites is 1. The molecular weight excluding hydrogens is 378 g/mol. The minimum atomic E-state index is -0.418. The molecule has 0 radical (unpaired) electrons. The van der Waals surface area contributed by atoms with E-state index in [1.807, 2.05) is 74.5 Å². The molecule has 0 aromatic heterocycles. The van der Waals surface area contributed by atoms with Crippen LogP contribution in [0.1, 0.15) is 31.9 Å². The molecule has 2 aromatic carbocycles. The molecule has 6 heteroatoms. The van der Waals surface area contributed by atoms with Crippen LogP contribution in [0.5, 0.6) is 0 Å². The van der Waals surface area contributed by atoms with E-state index in [2.05, 4.69) is 10.2 Å². The fourth-order valence-electron chi connectivity index (χ4n) is 3.60. The van der Waals surface area contributed by atoms with E-state index in [0.29, 0.717) is 32.2 Å². The summed E-state index contributed by atoms with van der Waals surface area (Å²) in [5.41, 5.74) is 1.72. The lowest BCUT2D eigenvalue weighted by Crippen LogP contribution is -2.40. The van der Waals surface area contributed by atoms with Gasteiger partial charge < -0.3 is 15.0 Å². The highest BCUT2D eigenvalue weighted by Gasteiger charge is 2.30. The van der Waals surface area contributed by atoms with Gasteiger partial charge in [0.05, 0.1) is 6.61 Å². The predicted octanol–water partition coefficient (Wildman–Crippen LogP) is 4.17. The standard InChI is InChI=1S/C24H31N3O3/c1-19(2)18-30-24(29)27-15-9-14-26(16-17-27)22(20-10-5-3-6-11-20)23(28)25-21-12-7-4-8-13-21/h3-8,10-13,19,22H,9,14-18H2,1-2H3,(H,25,28). The van der Waals surface area contributed by atoms with Crippen LogP contribution in [-0.2, 0) is 9.53 Å². The third kappa shape index (κ3) is 6.07. The third-order valence-corrected chi connectivity index (χ3v) is 5.10. The number of nitrogens with one attached hydrogen (secondary N) is 1. The van der Waals surface area contributed by atoms with Crippen molar-refractivity contribution in [1.29, 1.82) is 0 Å². The smallest absolute Gasteiger partial charge is 0.409 e. The summed E-state index contributed by atoms with van der Waals surface area (Å²) in [6.07, 6.45) is 0.522. The van der Waals surface area contributed by atoms with Crippen molar-refractivity contribution in [2.24, 2.45) is 5.92 Å². The van der Waals surface area contributed by atoms with Crippen molar-refractivity contribution in [3.63, 3.8) is 0 Å². The molecule has 1 atom stereocenters. The average molecular weight is 410 g/mol. The van der Waals surface area contributed by atoms with Crippen LogP contribution in [0, 0.1) is 5.92 Å². The molecule has 0 saturated carbocycles. The van der Waals surface area contributed by atoms with Crippen LogP contribution in [0.2, 0.25) is 0 Å². The van der Waals surface area contributed by atoms with E-state index in [1.54, 1.807) is 4.90 Å². The molecule has 1 aliphatic heterocycles. The number of carbonyl (C=O) groups is 2. The number of anilines is 1. The Bertz CT molecular complexity index is 811. The second-order valence-corrected chi connectivity index (χ2v) is 8.02. The van der Waals surface area contributed by atoms with Crippen molar-refractivity contribution in [3.05, 3.63) is 66.2 Å². The van der Waals surface area contributed by atoms with Crippen molar-refractivity contribution in [2.45, 2.75) is 26.3 Å². The van der Waals surface area contributed by atoms with Crippen LogP contribution < -0.4 is 5.32 Å². The predicted molar refractivity (Wildman–Crippen MR) is 118 cm³/mol. The molecule has 1 aliphatic rings. The molecule has 30 heavy (non-hydrogen) atoms. The van der Waals surface area contributed by atoms with Gasteiger partial charge in [0, 0.05) is 31.9 Å². The molecule has 1 unspecified atom stereocenters. The SMILES string of the molecule is CC(C)COC(=O)N1CCCN(C(C(=O)Nc2ccccc2)c2ccccc2)CC1. The van der Waals surface area contributed by atoms with Gasteiger partial charge in [-0.2, -0.15) is 0 Å². The minimum Gasteiger partial charge on any atom is -0.449 e. The van der Waals surface area contributed by atoms with Crippen LogP contribution in [0.15, 0.2) is 60.7 Å². The van der Waals surface area contributed by atoms with E-state index in [4.69, 9.17) is 4.74 Å². The monoisotopic (exact) mass is 409 g/mol. The van der Waals surface area contributed by atoms with E-state index in [-0.39, 0.29) is 12.0 Å². The van der Waals surface area contributed by atoms with Gasteiger partial charge in [-0.15, -0.1) is 0 Å². The van der Waals surface area contributed by atoms with Crippen LogP contribution in [-0.4, -0.2) is 54.6 Å². The largest absolute Gasteiger partial charge is 0.449 e. The lowest BCUT2D eigenvalue weighted by atomic mass is 10.0. The van der Waals surface area contributed by atoms with Gasteiger partial charge in [0.25, 0.3) is 0 Å². The lowest BCUT2D eigenvalue weighted by molar-refractivity contribution is -0.121. The van der Waals surface area contributed by atoms with E-state index < -0.39 is 6.04 Å². The Morgan fingerprint density at radius 1 is 0.933 bits per heavy atom. The molecule has 2 aromatic rings. The molecule has 160 valence electrons. The molecule has 1 heterocycles. The van der Waals surface area contributed by atoms with Gasteiger partial charge in [0.1, 0.15) is 6.04 Å². The van der Waals surface area contributed by atoms with Gasteiger partial charge in [0.15, 0.2) is 0 Å². The Hall–Kier alpha value is -2.86. The highest BCUT2D eigenvalue weighted by molar-refractivity contribution is 5.95. The van der Waals surface area contributed by atoms with Crippen molar-refractivity contribution in [3.8, 4) is 0 Å². The number of benzene rings is 2. The first kappa shape index (κ1) is 21.8. The Morgan fingerprint density at radius 2 is 1.60 bits per heavy atom. The summed E-state index contributed by atoms with van der Waals surface area (Å²) in [4.78, 5) is 29.5. The number of hydrogen-bond donors (Lipinski definition) is 1. The summed E-state index contributed by atoms with van der Waals surface area (Å²) in [7, 11) is 0. The topological polar surface area (TPSA) is 61.9 Å². The first-order chi connectivity index (χ1) is 14.5. The van der Waals surface area contributed by atoms with E-state index in [1.165, 1.54) is 0 Å². The van der Waals surface area contributed by atoms with Crippen molar-refractivity contribution in [2.75, 3.05) is 38.1 Å². The van der Waals surface area contributed by atoms with Gasteiger partial charge >= 0.3 is 6.09 Å². The van der Waals surface area contributed by atoms with Gasteiger partial charge in [-0.1, -0.05) is 62.4 Å². The maximum Gasteiger partial charge on any atom is 0.409 e. The number of ether oxygens (including phenoxy) is 1. The molecule has 2 amide bonds. The fourth-order valence-corrected chi connectivity index (χ4v) is 3.60. The Balaban J connectivity index is 1.72. The third-order valence-electron chi connectivity index (χ3n) is 5.10. The van der Waals surface area contributed by atoms with Gasteiger partial charge in [-0.25, -0.2) is 4.79 Å². The second kappa shape index (κ2) is 10.8. The van der Waals surface area contributed by atoms with E-state index in [0.717, 1.165) is 24.2 Å². The Morgan fingerprint density at radius 3 is 2.27 bits per heavy atom. The maximum atomic E-state index is 13.3. The zero-order chi connectivity index (χ0) is 21.3. The molecule has 0 aliphatic carbocycles.